The number of carbonyl (C=O) groups excluding carboxylic acids is 2. The molecule has 32 heavy (non-hydrogen) atoms. The fourth-order valence-electron chi connectivity index (χ4n) is 4.66. The van der Waals surface area contributed by atoms with Crippen molar-refractivity contribution in [2.75, 3.05) is 20.2 Å². The number of benzene rings is 1. The fraction of sp³-hybridized carbons (Fsp3) is 0.560. The van der Waals surface area contributed by atoms with Crippen molar-refractivity contribution in [3.05, 3.63) is 41.2 Å². The van der Waals surface area contributed by atoms with Gasteiger partial charge in [-0.15, -0.1) is 0 Å². The van der Waals surface area contributed by atoms with Gasteiger partial charge < -0.3 is 20.4 Å². The number of aromatic amines is 1. The number of hydrogen-bond acceptors (Lipinski definition) is 4. The lowest BCUT2D eigenvalue weighted by molar-refractivity contribution is 0.0601. The maximum atomic E-state index is 12.0. The van der Waals surface area contributed by atoms with Crippen LogP contribution in [0, 0.1) is 23.7 Å². The van der Waals surface area contributed by atoms with E-state index in [2.05, 4.69) is 42.5 Å². The molecule has 3 atom stereocenters. The summed E-state index contributed by atoms with van der Waals surface area (Å²) < 4.78 is 4.81. The van der Waals surface area contributed by atoms with Crippen LogP contribution in [0.1, 0.15) is 56.7 Å². The largest absolute Gasteiger partial charge is 0.465 e. The molecule has 2 amide bonds. The smallest absolute Gasteiger partial charge is 0.337 e. The highest BCUT2D eigenvalue weighted by atomic mass is 16.5. The number of ether oxygens (including phenoxy) is 1. The Kier molecular flexibility index (Phi) is 7.94. The highest BCUT2D eigenvalue weighted by Gasteiger charge is 2.32. The molecule has 3 rings (SSSR count). The zero-order valence-electron chi connectivity index (χ0n) is 19.8. The predicted molar refractivity (Wildman–Crippen MR) is 127 cm³/mol. The molecule has 0 saturated heterocycles. The van der Waals surface area contributed by atoms with E-state index in [-0.39, 0.29) is 12.0 Å². The third kappa shape index (κ3) is 5.69. The van der Waals surface area contributed by atoms with E-state index >= 15 is 0 Å². The van der Waals surface area contributed by atoms with E-state index in [4.69, 9.17) is 9.72 Å². The number of urea groups is 1. The summed E-state index contributed by atoms with van der Waals surface area (Å²) in [5, 5.41) is 5.93. The molecular formula is C25H36N4O3. The number of amides is 2. The lowest BCUT2D eigenvalue weighted by Gasteiger charge is -2.37. The summed E-state index contributed by atoms with van der Waals surface area (Å²) in [6.45, 7) is 10.1. The third-order valence-electron chi connectivity index (χ3n) is 6.51. The van der Waals surface area contributed by atoms with Gasteiger partial charge in [0.15, 0.2) is 0 Å². The SMILES string of the molecule is CCCNC(=O)NCC1C=C(C)C(Cc2nc3ccc(C(=O)OC)cc3[nH]2)CC1C(C)C. The number of H-pyrrole nitrogens is 1. The molecule has 0 saturated carbocycles. The van der Waals surface area contributed by atoms with Gasteiger partial charge >= 0.3 is 12.0 Å². The van der Waals surface area contributed by atoms with Crippen LogP contribution in [0.15, 0.2) is 29.8 Å². The van der Waals surface area contributed by atoms with Crippen molar-refractivity contribution in [2.45, 2.75) is 47.0 Å². The van der Waals surface area contributed by atoms with E-state index in [9.17, 15) is 9.59 Å². The van der Waals surface area contributed by atoms with Crippen LogP contribution in [0.2, 0.25) is 0 Å². The number of nitrogens with one attached hydrogen (secondary N) is 3. The minimum Gasteiger partial charge on any atom is -0.465 e. The monoisotopic (exact) mass is 440 g/mol. The highest BCUT2D eigenvalue weighted by molar-refractivity contribution is 5.93. The maximum absolute atomic E-state index is 12.0. The van der Waals surface area contributed by atoms with Crippen LogP contribution in [-0.2, 0) is 11.2 Å². The van der Waals surface area contributed by atoms with Crippen LogP contribution in [0.4, 0.5) is 4.79 Å². The molecule has 1 aliphatic carbocycles. The average Bonchev–Trinajstić information content (AvgIpc) is 3.18. The van der Waals surface area contributed by atoms with Crippen molar-refractivity contribution in [3.8, 4) is 0 Å². The molecular weight excluding hydrogens is 404 g/mol. The summed E-state index contributed by atoms with van der Waals surface area (Å²) >= 11 is 0. The number of nitrogens with zero attached hydrogens (tertiary/aromatic N) is 1. The Morgan fingerprint density at radius 1 is 1.28 bits per heavy atom. The van der Waals surface area contributed by atoms with Crippen molar-refractivity contribution in [1.82, 2.24) is 20.6 Å². The zero-order valence-corrected chi connectivity index (χ0v) is 19.8. The van der Waals surface area contributed by atoms with Crippen LogP contribution in [0.25, 0.3) is 11.0 Å². The summed E-state index contributed by atoms with van der Waals surface area (Å²) in [7, 11) is 1.38. The summed E-state index contributed by atoms with van der Waals surface area (Å²) in [6.07, 6.45) is 5.16. The first kappa shape index (κ1) is 23.8. The molecule has 0 radical (unpaired) electrons. The molecule has 1 aromatic carbocycles. The van der Waals surface area contributed by atoms with Crippen molar-refractivity contribution in [2.24, 2.45) is 23.7 Å². The Hall–Kier alpha value is -2.83. The van der Waals surface area contributed by atoms with Crippen LogP contribution in [-0.4, -0.2) is 42.2 Å². The molecule has 0 aliphatic heterocycles. The highest BCUT2D eigenvalue weighted by Crippen LogP contribution is 2.38. The number of carbonyl (C=O) groups is 2. The number of esters is 1. The Balaban J connectivity index is 1.71. The first-order chi connectivity index (χ1) is 15.3. The van der Waals surface area contributed by atoms with E-state index in [1.54, 1.807) is 12.1 Å². The van der Waals surface area contributed by atoms with Gasteiger partial charge in [-0.3, -0.25) is 0 Å². The summed E-state index contributed by atoms with van der Waals surface area (Å²) in [6, 6.07) is 5.31. The quantitative estimate of drug-likeness (QED) is 0.417. The van der Waals surface area contributed by atoms with Gasteiger partial charge in [0.25, 0.3) is 0 Å². The maximum Gasteiger partial charge on any atom is 0.337 e. The van der Waals surface area contributed by atoms with Gasteiger partial charge in [0.1, 0.15) is 5.82 Å². The van der Waals surface area contributed by atoms with Crippen molar-refractivity contribution in [3.63, 3.8) is 0 Å². The van der Waals surface area contributed by atoms with E-state index in [0.717, 1.165) is 36.1 Å². The second-order valence-corrected chi connectivity index (χ2v) is 9.16. The molecule has 7 heteroatoms. The zero-order chi connectivity index (χ0) is 23.3. The standard InChI is InChI=1S/C25H36N4O3/c1-6-9-26-25(31)27-14-19-10-16(4)18(11-20(19)15(2)3)13-23-28-21-8-7-17(24(30)32-5)12-22(21)29-23/h7-8,10,12,15,18-20H,6,9,11,13-14H2,1-5H3,(H,28,29)(H2,26,27,31). The lowest BCUT2D eigenvalue weighted by Crippen LogP contribution is -2.41. The molecule has 7 nitrogen and oxygen atoms in total. The second-order valence-electron chi connectivity index (χ2n) is 9.16. The van der Waals surface area contributed by atoms with E-state index < -0.39 is 0 Å². The van der Waals surface area contributed by atoms with Crippen molar-refractivity contribution < 1.29 is 14.3 Å². The number of allylic oxidation sites excluding steroid dienone is 1. The van der Waals surface area contributed by atoms with Crippen molar-refractivity contribution in [1.29, 1.82) is 0 Å². The first-order valence-electron chi connectivity index (χ1n) is 11.6. The topological polar surface area (TPSA) is 96.1 Å². The third-order valence-corrected chi connectivity index (χ3v) is 6.51. The molecule has 0 spiro atoms. The van der Waals surface area contributed by atoms with E-state index in [0.29, 0.717) is 42.3 Å². The minimum atomic E-state index is -0.350. The molecule has 3 unspecified atom stereocenters. The number of fused-ring (bicyclic) bond motifs is 1. The van der Waals surface area contributed by atoms with Gasteiger partial charge in [0, 0.05) is 19.5 Å². The predicted octanol–water partition coefficient (Wildman–Crippen LogP) is 4.46. The van der Waals surface area contributed by atoms with Crippen LogP contribution < -0.4 is 10.6 Å². The first-order valence-corrected chi connectivity index (χ1v) is 11.6. The molecule has 2 aromatic rings. The average molecular weight is 441 g/mol. The molecule has 0 fully saturated rings. The minimum absolute atomic E-state index is 0.0869. The number of hydrogen-bond donors (Lipinski definition) is 3. The van der Waals surface area contributed by atoms with Gasteiger partial charge in [-0.25, -0.2) is 14.6 Å². The molecule has 0 bridgehead atoms. The molecule has 1 heterocycles. The Morgan fingerprint density at radius 3 is 2.75 bits per heavy atom. The van der Waals surface area contributed by atoms with Crippen LogP contribution in [0.5, 0.6) is 0 Å². The molecule has 174 valence electrons. The second kappa shape index (κ2) is 10.7. The number of aromatic nitrogens is 2. The summed E-state index contributed by atoms with van der Waals surface area (Å²) in [5.41, 5.74) is 3.56. The number of rotatable bonds is 8. The normalized spacial score (nSPS) is 20.8. The van der Waals surface area contributed by atoms with Gasteiger partial charge in [0.05, 0.1) is 23.7 Å². The van der Waals surface area contributed by atoms with Gasteiger partial charge in [-0.05, 0) is 61.6 Å². The number of methoxy groups -OCH3 is 1. The van der Waals surface area contributed by atoms with Gasteiger partial charge in [0.2, 0.25) is 0 Å². The molecule has 3 N–H and O–H groups in total. The lowest BCUT2D eigenvalue weighted by atomic mass is 9.70. The van der Waals surface area contributed by atoms with Crippen molar-refractivity contribution >= 4 is 23.0 Å². The molecule has 1 aliphatic rings. The Bertz CT molecular complexity index is 979. The Labute approximate surface area is 190 Å². The Morgan fingerprint density at radius 2 is 2.06 bits per heavy atom. The fourth-order valence-corrected chi connectivity index (χ4v) is 4.66. The van der Waals surface area contributed by atoms with Crippen LogP contribution >= 0.6 is 0 Å². The number of imidazole rings is 1. The van der Waals surface area contributed by atoms with Gasteiger partial charge in [-0.2, -0.15) is 0 Å². The molecule has 1 aromatic heterocycles. The van der Waals surface area contributed by atoms with Crippen LogP contribution in [0.3, 0.4) is 0 Å². The van der Waals surface area contributed by atoms with E-state index in [1.807, 2.05) is 13.0 Å². The van der Waals surface area contributed by atoms with Gasteiger partial charge in [-0.1, -0.05) is 32.4 Å². The van der Waals surface area contributed by atoms with E-state index in [1.165, 1.54) is 12.7 Å². The summed E-state index contributed by atoms with van der Waals surface area (Å²) in [4.78, 5) is 31.9. The summed E-state index contributed by atoms with van der Waals surface area (Å²) in [5.74, 6) is 2.32.